The lowest BCUT2D eigenvalue weighted by atomic mass is 10.2. The van der Waals surface area contributed by atoms with Crippen molar-refractivity contribution in [2.24, 2.45) is 11.6 Å². The van der Waals surface area contributed by atoms with Crippen LogP contribution in [0.1, 0.15) is 6.42 Å². The standard InChI is InChI=1S/C10H18N6OS2/c1-6(14-9(17)13-2)19-8-5-16(10(18)15-12)4-3-7(8)11/h1,3-5,11-12H2,2H3,(H,15,18)(H2,13,14,17). The second-order valence-corrected chi connectivity index (χ2v) is 5.38. The maximum absolute atomic E-state index is 11.2. The van der Waals surface area contributed by atoms with Gasteiger partial charge in [0.2, 0.25) is 0 Å². The van der Waals surface area contributed by atoms with Crippen molar-refractivity contribution in [1.29, 1.82) is 0 Å². The SMILES string of the molecule is C=C(NC(=O)NC)SC1=C(N)CCN(C(=S)NN)C1. The summed E-state index contributed by atoms with van der Waals surface area (Å²) in [6.45, 7) is 5.04. The molecule has 9 heteroatoms. The van der Waals surface area contributed by atoms with Crippen LogP contribution >= 0.6 is 24.0 Å². The van der Waals surface area contributed by atoms with Gasteiger partial charge in [-0.1, -0.05) is 18.3 Å². The first-order valence-corrected chi connectivity index (χ1v) is 6.79. The van der Waals surface area contributed by atoms with E-state index in [1.807, 2.05) is 4.90 Å². The highest BCUT2D eigenvalue weighted by Crippen LogP contribution is 2.28. The number of hydrogen-bond acceptors (Lipinski definition) is 5. The van der Waals surface area contributed by atoms with E-state index in [2.05, 4.69) is 22.6 Å². The summed E-state index contributed by atoms with van der Waals surface area (Å²) in [5, 5.41) is 6.02. The topological polar surface area (TPSA) is 108 Å². The smallest absolute Gasteiger partial charge is 0.319 e. The minimum absolute atomic E-state index is 0.316. The maximum Gasteiger partial charge on any atom is 0.319 e. The molecule has 2 amide bonds. The van der Waals surface area contributed by atoms with Gasteiger partial charge in [0.25, 0.3) is 0 Å². The molecule has 0 atom stereocenters. The lowest BCUT2D eigenvalue weighted by Crippen LogP contribution is -2.46. The number of carbonyl (C=O) groups is 1. The fraction of sp³-hybridized carbons (Fsp3) is 0.400. The number of hydrogen-bond donors (Lipinski definition) is 5. The van der Waals surface area contributed by atoms with Crippen LogP contribution in [-0.4, -0.2) is 36.2 Å². The first-order valence-electron chi connectivity index (χ1n) is 5.56. The molecule has 19 heavy (non-hydrogen) atoms. The summed E-state index contributed by atoms with van der Waals surface area (Å²) in [4.78, 5) is 14.0. The van der Waals surface area contributed by atoms with Crippen LogP contribution in [0.5, 0.6) is 0 Å². The van der Waals surface area contributed by atoms with Gasteiger partial charge in [-0.15, -0.1) is 0 Å². The predicted octanol–water partition coefficient (Wildman–Crippen LogP) is -0.256. The number of urea groups is 1. The van der Waals surface area contributed by atoms with E-state index in [-0.39, 0.29) is 6.03 Å². The molecule has 0 aliphatic carbocycles. The van der Waals surface area contributed by atoms with Crippen LogP contribution in [0.3, 0.4) is 0 Å². The molecule has 0 unspecified atom stereocenters. The van der Waals surface area contributed by atoms with Gasteiger partial charge in [0, 0.05) is 30.6 Å². The van der Waals surface area contributed by atoms with E-state index < -0.39 is 0 Å². The van der Waals surface area contributed by atoms with E-state index in [1.54, 1.807) is 0 Å². The molecule has 0 radical (unpaired) electrons. The monoisotopic (exact) mass is 302 g/mol. The molecule has 0 aromatic carbocycles. The Morgan fingerprint density at radius 3 is 2.84 bits per heavy atom. The number of nitrogens with zero attached hydrogens (tertiary/aromatic N) is 1. The number of hydrazine groups is 1. The minimum atomic E-state index is -0.316. The van der Waals surface area contributed by atoms with Gasteiger partial charge in [0.05, 0.1) is 11.6 Å². The third-order valence-corrected chi connectivity index (χ3v) is 3.84. The summed E-state index contributed by atoms with van der Waals surface area (Å²) in [5.74, 6) is 5.30. The molecule has 7 N–H and O–H groups in total. The van der Waals surface area contributed by atoms with E-state index in [0.717, 1.165) is 10.6 Å². The number of amides is 2. The summed E-state index contributed by atoms with van der Waals surface area (Å²) in [5.41, 5.74) is 9.19. The number of nitrogens with two attached hydrogens (primary N) is 2. The van der Waals surface area contributed by atoms with Gasteiger partial charge in [0.15, 0.2) is 5.11 Å². The van der Waals surface area contributed by atoms with Crippen LogP contribution in [-0.2, 0) is 0 Å². The molecule has 1 rings (SSSR count). The van der Waals surface area contributed by atoms with Crippen LogP contribution < -0.4 is 27.6 Å². The lowest BCUT2D eigenvalue weighted by molar-refractivity contribution is 0.246. The summed E-state index contributed by atoms with van der Waals surface area (Å²) in [6.07, 6.45) is 0.692. The Kier molecular flexibility index (Phi) is 5.93. The Hall–Kier alpha value is -1.45. The highest BCUT2D eigenvalue weighted by Gasteiger charge is 2.20. The lowest BCUT2D eigenvalue weighted by Gasteiger charge is -2.30. The number of thioether (sulfide) groups is 1. The third-order valence-electron chi connectivity index (χ3n) is 2.48. The highest BCUT2D eigenvalue weighted by molar-refractivity contribution is 8.06. The predicted molar refractivity (Wildman–Crippen MR) is 81.6 cm³/mol. The van der Waals surface area contributed by atoms with Crippen LogP contribution in [0.4, 0.5) is 4.79 Å². The molecule has 0 fully saturated rings. The first-order chi connectivity index (χ1) is 8.97. The van der Waals surface area contributed by atoms with Gasteiger partial charge in [-0.2, -0.15) is 0 Å². The molecule has 1 aliphatic rings. The van der Waals surface area contributed by atoms with Gasteiger partial charge in [-0.25, -0.2) is 10.6 Å². The van der Waals surface area contributed by atoms with Crippen molar-refractivity contribution < 1.29 is 4.79 Å². The second-order valence-electron chi connectivity index (χ2n) is 3.80. The molecular weight excluding hydrogens is 284 g/mol. The Bertz CT molecular complexity index is 422. The Morgan fingerprint density at radius 2 is 2.26 bits per heavy atom. The zero-order chi connectivity index (χ0) is 14.4. The number of carbonyl (C=O) groups excluding carboxylic acids is 1. The van der Waals surface area contributed by atoms with Crippen LogP contribution in [0.25, 0.3) is 0 Å². The quantitative estimate of drug-likeness (QED) is 0.278. The van der Waals surface area contributed by atoms with Crippen LogP contribution in [0.15, 0.2) is 22.2 Å². The Morgan fingerprint density at radius 1 is 1.58 bits per heavy atom. The average molecular weight is 302 g/mol. The second kappa shape index (κ2) is 7.22. The van der Waals surface area contributed by atoms with Gasteiger partial charge < -0.3 is 26.7 Å². The van der Waals surface area contributed by atoms with E-state index in [1.165, 1.54) is 18.8 Å². The van der Waals surface area contributed by atoms with Crippen molar-refractivity contribution in [3.8, 4) is 0 Å². The summed E-state index contributed by atoms with van der Waals surface area (Å²) >= 11 is 6.41. The van der Waals surface area contributed by atoms with Crippen molar-refractivity contribution in [1.82, 2.24) is 21.0 Å². The van der Waals surface area contributed by atoms with Crippen molar-refractivity contribution in [2.45, 2.75) is 6.42 Å². The van der Waals surface area contributed by atoms with Gasteiger partial charge in [-0.3, -0.25) is 0 Å². The third kappa shape index (κ3) is 4.62. The molecule has 0 aromatic rings. The van der Waals surface area contributed by atoms with Gasteiger partial charge in [0.1, 0.15) is 0 Å². The molecule has 0 bridgehead atoms. The van der Waals surface area contributed by atoms with Gasteiger partial charge in [-0.05, 0) is 12.2 Å². The largest absolute Gasteiger partial charge is 0.401 e. The summed E-state index contributed by atoms with van der Waals surface area (Å²) < 4.78 is 0. The van der Waals surface area contributed by atoms with Crippen LogP contribution in [0, 0.1) is 0 Å². The molecule has 7 nitrogen and oxygen atoms in total. The van der Waals surface area contributed by atoms with Gasteiger partial charge >= 0.3 is 6.03 Å². The summed E-state index contributed by atoms with van der Waals surface area (Å²) in [7, 11) is 1.54. The van der Waals surface area contributed by atoms with E-state index >= 15 is 0 Å². The normalized spacial score (nSPS) is 14.9. The molecule has 0 aromatic heterocycles. The Labute approximate surface area is 121 Å². The molecule has 1 heterocycles. The average Bonchev–Trinajstić information content (AvgIpc) is 2.40. The number of thiocarbonyl (C=S) groups is 1. The van der Waals surface area contributed by atoms with Crippen molar-refractivity contribution >= 4 is 35.1 Å². The number of rotatable bonds is 3. The van der Waals surface area contributed by atoms with Crippen molar-refractivity contribution in [3.63, 3.8) is 0 Å². The maximum atomic E-state index is 11.2. The highest BCUT2D eigenvalue weighted by atomic mass is 32.2. The summed E-state index contributed by atoms with van der Waals surface area (Å²) in [6, 6.07) is -0.316. The molecule has 0 saturated heterocycles. The zero-order valence-corrected chi connectivity index (χ0v) is 12.3. The first kappa shape index (κ1) is 15.6. The minimum Gasteiger partial charge on any atom is -0.401 e. The van der Waals surface area contributed by atoms with E-state index in [0.29, 0.717) is 29.7 Å². The molecule has 0 spiro atoms. The number of nitrogens with one attached hydrogen (secondary N) is 3. The fourth-order valence-electron chi connectivity index (χ4n) is 1.47. The van der Waals surface area contributed by atoms with Crippen molar-refractivity contribution in [3.05, 3.63) is 22.2 Å². The van der Waals surface area contributed by atoms with Crippen molar-refractivity contribution in [2.75, 3.05) is 20.1 Å². The fourth-order valence-corrected chi connectivity index (χ4v) is 2.53. The van der Waals surface area contributed by atoms with Crippen LogP contribution in [0.2, 0.25) is 0 Å². The van der Waals surface area contributed by atoms with E-state index in [9.17, 15) is 4.79 Å². The zero-order valence-electron chi connectivity index (χ0n) is 10.7. The van der Waals surface area contributed by atoms with E-state index in [4.69, 9.17) is 23.8 Å². The molecule has 0 saturated carbocycles. The molecule has 1 aliphatic heterocycles. The Balaban J connectivity index is 2.63. The molecule has 106 valence electrons. The molecular formula is C10H18N6OS2.